The summed E-state index contributed by atoms with van der Waals surface area (Å²) >= 11 is 2.77. The molecule has 43 heavy (non-hydrogen) atoms. The van der Waals surface area contributed by atoms with E-state index in [0.717, 1.165) is 29.5 Å². The number of nitrogens with zero attached hydrogens (tertiary/aromatic N) is 2. The lowest BCUT2D eigenvalue weighted by molar-refractivity contribution is -0.120. The van der Waals surface area contributed by atoms with E-state index in [1.54, 1.807) is 19.2 Å². The van der Waals surface area contributed by atoms with Gasteiger partial charge in [0.1, 0.15) is 23.8 Å². The molecule has 0 bridgehead atoms. The van der Waals surface area contributed by atoms with Crippen LogP contribution in [-0.4, -0.2) is 52.7 Å². The Morgan fingerprint density at radius 1 is 0.977 bits per heavy atom. The van der Waals surface area contributed by atoms with E-state index in [1.807, 2.05) is 72.1 Å². The Labute approximate surface area is 257 Å². The average molecular weight is 615 g/mol. The third-order valence-corrected chi connectivity index (χ3v) is 9.28. The molecule has 6 rings (SSSR count). The van der Waals surface area contributed by atoms with Crippen molar-refractivity contribution in [2.45, 2.75) is 36.9 Å². The lowest BCUT2D eigenvalue weighted by Gasteiger charge is -2.28. The third kappa shape index (κ3) is 6.68. The summed E-state index contributed by atoms with van der Waals surface area (Å²) in [6.45, 7) is 0.0880. The van der Waals surface area contributed by atoms with E-state index in [-0.39, 0.29) is 18.4 Å². The number of thiazole rings is 1. The van der Waals surface area contributed by atoms with Crippen molar-refractivity contribution >= 4 is 46.1 Å². The monoisotopic (exact) mass is 614 g/mol. The topological polar surface area (TPSA) is 110 Å². The Bertz CT molecular complexity index is 1610. The summed E-state index contributed by atoms with van der Waals surface area (Å²) in [6.07, 6.45) is 1.48. The van der Waals surface area contributed by atoms with Gasteiger partial charge in [-0.1, -0.05) is 60.7 Å². The Morgan fingerprint density at radius 3 is 2.47 bits per heavy atom. The summed E-state index contributed by atoms with van der Waals surface area (Å²) in [5.74, 6) is 0.572. The van der Waals surface area contributed by atoms with Crippen LogP contribution >= 0.6 is 23.1 Å². The second kappa shape index (κ2) is 12.9. The van der Waals surface area contributed by atoms with Crippen LogP contribution in [0.5, 0.6) is 5.75 Å². The largest absolute Gasteiger partial charge is 0.496 e. The number of ether oxygens (including phenoxy) is 2. The van der Waals surface area contributed by atoms with E-state index in [9.17, 15) is 14.4 Å². The van der Waals surface area contributed by atoms with Gasteiger partial charge in [-0.15, -0.1) is 23.1 Å². The average Bonchev–Trinajstić information content (AvgIpc) is 3.54. The predicted octanol–water partition coefficient (Wildman–Crippen LogP) is 6.10. The fourth-order valence-corrected chi connectivity index (χ4v) is 6.94. The fourth-order valence-electron chi connectivity index (χ4n) is 4.78. The number of hydrogen-bond acceptors (Lipinski definition) is 8. The van der Waals surface area contributed by atoms with Crippen molar-refractivity contribution in [2.24, 2.45) is 0 Å². The highest BCUT2D eigenvalue weighted by Gasteiger charge is 2.44. The van der Waals surface area contributed by atoms with Gasteiger partial charge in [-0.05, 0) is 36.6 Å². The van der Waals surface area contributed by atoms with Gasteiger partial charge in [0.2, 0.25) is 5.91 Å². The minimum Gasteiger partial charge on any atom is -0.496 e. The summed E-state index contributed by atoms with van der Waals surface area (Å²) < 4.78 is 11.3. The molecule has 2 heterocycles. The van der Waals surface area contributed by atoms with Gasteiger partial charge in [-0.3, -0.25) is 14.5 Å². The first-order chi connectivity index (χ1) is 21.0. The number of carbonyl (C=O) groups is 3. The molecule has 0 radical (unpaired) electrons. The highest BCUT2D eigenvalue weighted by Crippen LogP contribution is 2.45. The van der Waals surface area contributed by atoms with Crippen molar-refractivity contribution in [2.75, 3.05) is 18.2 Å². The number of para-hydroxylation sites is 1. The molecule has 1 aromatic heterocycles. The molecule has 220 valence electrons. The molecular weight excluding hydrogens is 585 g/mol. The highest BCUT2D eigenvalue weighted by atomic mass is 32.2. The zero-order valence-corrected chi connectivity index (χ0v) is 25.0. The number of nitrogens with one attached hydrogen (secondary N) is 2. The zero-order chi connectivity index (χ0) is 29.8. The maximum Gasteiger partial charge on any atom is 0.412 e. The molecule has 2 N–H and O–H groups in total. The van der Waals surface area contributed by atoms with E-state index in [1.165, 1.54) is 28.0 Å². The normalized spacial score (nSPS) is 17.7. The van der Waals surface area contributed by atoms with Crippen LogP contribution < -0.4 is 15.4 Å². The maximum atomic E-state index is 13.6. The number of rotatable bonds is 9. The number of thioether (sulfide) groups is 1. The Balaban J connectivity index is 1.17. The van der Waals surface area contributed by atoms with Gasteiger partial charge >= 0.3 is 6.09 Å². The van der Waals surface area contributed by atoms with Crippen LogP contribution in [-0.2, 0) is 16.1 Å². The predicted molar refractivity (Wildman–Crippen MR) is 167 cm³/mol. The van der Waals surface area contributed by atoms with Crippen LogP contribution in [0, 0.1) is 0 Å². The number of carbonyl (C=O) groups excluding carboxylic acids is 3. The highest BCUT2D eigenvalue weighted by molar-refractivity contribution is 7.99. The zero-order valence-electron chi connectivity index (χ0n) is 23.4. The van der Waals surface area contributed by atoms with Crippen LogP contribution in [0.15, 0.2) is 84.2 Å². The summed E-state index contributed by atoms with van der Waals surface area (Å²) in [4.78, 5) is 45.5. The Kier molecular flexibility index (Phi) is 8.62. The third-order valence-electron chi connectivity index (χ3n) is 7.21. The van der Waals surface area contributed by atoms with E-state index in [2.05, 4.69) is 15.6 Å². The molecule has 11 heteroatoms. The summed E-state index contributed by atoms with van der Waals surface area (Å²) in [7, 11) is 1.58. The van der Waals surface area contributed by atoms with Gasteiger partial charge in [0.05, 0.1) is 12.8 Å². The van der Waals surface area contributed by atoms with Crippen molar-refractivity contribution in [3.8, 4) is 17.0 Å². The standard InChI is InChI=1S/C32H30N4O5S2/c1-40-27-10-6-5-9-24(27)30-36(32(39)41-17-20-7-3-2-4-8-20)26(19-42-30)29(38)35-31-34-25(18-43-31)21-11-13-22(14-12-21)28(37)33-23-15-16-23/h2-14,18,23,26,30H,15-17,19H2,1H3,(H,33,37)(H,34,35,38)/t26?,30-/m1/s1. The number of hydrogen-bond donors (Lipinski definition) is 2. The first-order valence-electron chi connectivity index (χ1n) is 13.9. The van der Waals surface area contributed by atoms with Crippen molar-refractivity contribution in [3.63, 3.8) is 0 Å². The van der Waals surface area contributed by atoms with Crippen LogP contribution in [0.1, 0.15) is 39.7 Å². The van der Waals surface area contributed by atoms with Gasteiger partial charge in [-0.2, -0.15) is 0 Å². The van der Waals surface area contributed by atoms with Crippen LogP contribution in [0.2, 0.25) is 0 Å². The van der Waals surface area contributed by atoms with Crippen molar-refractivity contribution < 1.29 is 23.9 Å². The van der Waals surface area contributed by atoms with E-state index in [0.29, 0.717) is 33.9 Å². The van der Waals surface area contributed by atoms with Crippen LogP contribution in [0.25, 0.3) is 11.3 Å². The molecule has 4 aromatic rings. The number of amides is 3. The lowest BCUT2D eigenvalue weighted by atomic mass is 10.1. The number of methoxy groups -OCH3 is 1. The SMILES string of the molecule is COc1ccccc1[C@H]1SCC(C(=O)Nc2nc(-c3ccc(C(=O)NC4CC4)cc3)cs2)N1C(=O)OCc1ccccc1. The molecule has 2 atom stereocenters. The van der Waals surface area contributed by atoms with Gasteiger partial charge in [-0.25, -0.2) is 9.78 Å². The first-order valence-corrected chi connectivity index (χ1v) is 15.8. The second-order valence-electron chi connectivity index (χ2n) is 10.2. The van der Waals surface area contributed by atoms with E-state index >= 15 is 0 Å². The van der Waals surface area contributed by atoms with Crippen molar-refractivity contribution in [3.05, 3.63) is 101 Å². The molecule has 0 spiro atoms. The molecular formula is C32H30N4O5S2. The van der Waals surface area contributed by atoms with Crippen LogP contribution in [0.4, 0.5) is 9.93 Å². The molecule has 9 nitrogen and oxygen atoms in total. The lowest BCUT2D eigenvalue weighted by Crippen LogP contribution is -2.45. The van der Waals surface area contributed by atoms with Gasteiger partial charge in [0.15, 0.2) is 5.13 Å². The van der Waals surface area contributed by atoms with Gasteiger partial charge < -0.3 is 20.1 Å². The molecule has 1 aliphatic carbocycles. The number of anilines is 1. The Hall–Kier alpha value is -4.35. The smallest absolute Gasteiger partial charge is 0.412 e. The second-order valence-corrected chi connectivity index (χ2v) is 12.2. The fraction of sp³-hybridized carbons (Fsp3) is 0.250. The van der Waals surface area contributed by atoms with E-state index < -0.39 is 17.5 Å². The van der Waals surface area contributed by atoms with Gasteiger partial charge in [0, 0.05) is 33.9 Å². The molecule has 1 unspecified atom stereocenters. The van der Waals surface area contributed by atoms with E-state index in [4.69, 9.17) is 9.47 Å². The minimum atomic E-state index is -0.792. The van der Waals surface area contributed by atoms with Crippen molar-refractivity contribution in [1.82, 2.24) is 15.2 Å². The maximum absolute atomic E-state index is 13.6. The summed E-state index contributed by atoms with van der Waals surface area (Å²) in [5, 5.41) is 7.68. The molecule has 3 aromatic carbocycles. The number of aromatic nitrogens is 1. The van der Waals surface area contributed by atoms with Crippen LogP contribution in [0.3, 0.4) is 0 Å². The first kappa shape index (κ1) is 28.8. The molecule has 3 amide bonds. The Morgan fingerprint density at radius 2 is 1.72 bits per heavy atom. The molecule has 2 fully saturated rings. The number of benzene rings is 3. The molecule has 1 aliphatic heterocycles. The quantitative estimate of drug-likeness (QED) is 0.234. The molecule has 1 saturated heterocycles. The van der Waals surface area contributed by atoms with Crippen molar-refractivity contribution in [1.29, 1.82) is 0 Å². The van der Waals surface area contributed by atoms with Gasteiger partial charge in [0.25, 0.3) is 5.91 Å². The molecule has 2 aliphatic rings. The molecule has 1 saturated carbocycles. The minimum absolute atomic E-state index is 0.0759. The summed E-state index contributed by atoms with van der Waals surface area (Å²) in [6, 6.07) is 23.6. The summed E-state index contributed by atoms with van der Waals surface area (Å²) in [5.41, 5.74) is 3.75.